The van der Waals surface area contributed by atoms with Gasteiger partial charge in [-0.2, -0.15) is 0 Å². The molecule has 1 aliphatic heterocycles. The van der Waals surface area contributed by atoms with E-state index in [2.05, 4.69) is 10.2 Å². The van der Waals surface area contributed by atoms with Crippen LogP contribution in [0, 0.1) is 5.82 Å². The molecule has 1 aromatic heterocycles. The van der Waals surface area contributed by atoms with Crippen LogP contribution in [0.4, 0.5) is 10.1 Å². The van der Waals surface area contributed by atoms with Crippen LogP contribution in [0.1, 0.15) is 27.6 Å². The highest BCUT2D eigenvalue weighted by Crippen LogP contribution is 2.39. The van der Waals surface area contributed by atoms with Crippen molar-refractivity contribution in [2.24, 2.45) is 5.73 Å². The van der Waals surface area contributed by atoms with E-state index in [9.17, 15) is 14.0 Å². The van der Waals surface area contributed by atoms with Crippen LogP contribution in [0.25, 0.3) is 10.1 Å². The molecule has 28 heavy (non-hydrogen) atoms. The van der Waals surface area contributed by atoms with Gasteiger partial charge in [-0.25, -0.2) is 4.39 Å². The Kier molecular flexibility index (Phi) is 5.11. The molecule has 0 radical (unpaired) electrons. The molecule has 1 atom stereocenters. The lowest BCUT2D eigenvalue weighted by atomic mass is 9.95. The van der Waals surface area contributed by atoms with E-state index in [1.165, 1.54) is 35.6 Å². The number of likely N-dealkylation sites (tertiary alicyclic amines) is 1. The molecule has 3 N–H and O–H groups in total. The van der Waals surface area contributed by atoms with Crippen molar-refractivity contribution in [1.29, 1.82) is 0 Å². The fourth-order valence-corrected chi connectivity index (χ4v) is 4.94. The molecule has 2 aromatic carbocycles. The summed E-state index contributed by atoms with van der Waals surface area (Å²) in [5.74, 6) is -0.716. The average molecular weight is 397 g/mol. The number of amides is 2. The summed E-state index contributed by atoms with van der Waals surface area (Å²) in [7, 11) is 0. The maximum atomic E-state index is 13.0. The number of hydrogen-bond donors (Lipinski definition) is 2. The highest BCUT2D eigenvalue weighted by atomic mass is 32.1. The second kappa shape index (κ2) is 7.69. The number of rotatable bonds is 5. The second-order valence-corrected chi connectivity index (χ2v) is 8.03. The number of thiophene rings is 1. The predicted octanol–water partition coefficient (Wildman–Crippen LogP) is 3.57. The van der Waals surface area contributed by atoms with Crippen LogP contribution >= 0.6 is 11.3 Å². The number of carbonyl (C=O) groups excluding carboxylic acids is 2. The molecule has 1 aliphatic rings. The summed E-state index contributed by atoms with van der Waals surface area (Å²) in [6, 6.07) is 13.6. The average Bonchev–Trinajstić information content (AvgIpc) is 3.27. The van der Waals surface area contributed by atoms with Gasteiger partial charge < -0.3 is 11.1 Å². The van der Waals surface area contributed by atoms with Crippen molar-refractivity contribution in [2.75, 3.05) is 25.0 Å². The summed E-state index contributed by atoms with van der Waals surface area (Å²) in [6.07, 6.45) is 0.866. The molecule has 2 amide bonds. The zero-order valence-corrected chi connectivity index (χ0v) is 16.0. The first kappa shape index (κ1) is 18.6. The molecule has 0 bridgehead atoms. The van der Waals surface area contributed by atoms with Crippen molar-refractivity contribution < 1.29 is 14.0 Å². The molecule has 1 saturated heterocycles. The topological polar surface area (TPSA) is 75.4 Å². The Morgan fingerprint density at radius 1 is 1.18 bits per heavy atom. The van der Waals surface area contributed by atoms with Crippen LogP contribution in [0.2, 0.25) is 0 Å². The van der Waals surface area contributed by atoms with Gasteiger partial charge in [0, 0.05) is 22.8 Å². The zero-order chi connectivity index (χ0) is 19.7. The first-order valence-corrected chi connectivity index (χ1v) is 9.92. The van der Waals surface area contributed by atoms with Crippen LogP contribution in [0.15, 0.2) is 48.5 Å². The lowest BCUT2D eigenvalue weighted by Gasteiger charge is -2.16. The quantitative estimate of drug-likeness (QED) is 0.691. The third-order valence-corrected chi connectivity index (χ3v) is 6.23. The first-order chi connectivity index (χ1) is 13.5. The number of anilines is 1. The number of carbonyl (C=O) groups is 2. The van der Waals surface area contributed by atoms with E-state index in [0.29, 0.717) is 17.1 Å². The van der Waals surface area contributed by atoms with Gasteiger partial charge in [-0.1, -0.05) is 18.2 Å². The van der Waals surface area contributed by atoms with E-state index in [1.807, 2.05) is 24.3 Å². The summed E-state index contributed by atoms with van der Waals surface area (Å²) >= 11 is 1.43. The molecule has 3 aromatic rings. The molecule has 2 heterocycles. The zero-order valence-electron chi connectivity index (χ0n) is 15.2. The monoisotopic (exact) mass is 397 g/mol. The molecular formula is C21H20FN3O2S. The fraction of sp³-hybridized carbons (Fsp3) is 0.238. The lowest BCUT2D eigenvalue weighted by Crippen LogP contribution is -2.31. The minimum atomic E-state index is -0.399. The summed E-state index contributed by atoms with van der Waals surface area (Å²) in [5.41, 5.74) is 7.21. The van der Waals surface area contributed by atoms with Crippen molar-refractivity contribution in [3.8, 4) is 0 Å². The Balaban J connectivity index is 1.46. The van der Waals surface area contributed by atoms with Gasteiger partial charge in [0.15, 0.2) is 0 Å². The number of hydrogen-bond acceptors (Lipinski definition) is 4. The highest BCUT2D eigenvalue weighted by Gasteiger charge is 2.30. The molecular weight excluding hydrogens is 377 g/mol. The minimum Gasteiger partial charge on any atom is -0.365 e. The SMILES string of the molecule is NC(=O)c1sc2ccccc2c1C1CCN(CC(=O)Nc2ccc(F)cc2)C1. The van der Waals surface area contributed by atoms with E-state index in [4.69, 9.17) is 5.73 Å². The van der Waals surface area contributed by atoms with E-state index in [1.54, 1.807) is 0 Å². The van der Waals surface area contributed by atoms with Crippen LogP contribution in [0.3, 0.4) is 0 Å². The van der Waals surface area contributed by atoms with Crippen LogP contribution in [0.5, 0.6) is 0 Å². The van der Waals surface area contributed by atoms with Gasteiger partial charge >= 0.3 is 0 Å². The fourth-order valence-electron chi connectivity index (χ4n) is 3.80. The third-order valence-electron chi connectivity index (χ3n) is 5.03. The largest absolute Gasteiger partial charge is 0.365 e. The molecule has 0 aliphatic carbocycles. The lowest BCUT2D eigenvalue weighted by molar-refractivity contribution is -0.117. The smallest absolute Gasteiger partial charge is 0.259 e. The standard InChI is InChI=1S/C21H20FN3O2S/c22-14-5-7-15(8-6-14)24-18(26)12-25-10-9-13(11-25)19-16-3-1-2-4-17(16)28-20(19)21(23)27/h1-8,13H,9-12H2,(H2,23,27)(H,24,26). The molecule has 0 spiro atoms. The van der Waals surface area contributed by atoms with Crippen molar-refractivity contribution >= 4 is 38.9 Å². The van der Waals surface area contributed by atoms with Crippen LogP contribution < -0.4 is 11.1 Å². The first-order valence-electron chi connectivity index (χ1n) is 9.10. The Hall–Kier alpha value is -2.77. The van der Waals surface area contributed by atoms with Crippen LogP contribution in [-0.2, 0) is 4.79 Å². The summed E-state index contributed by atoms with van der Waals surface area (Å²) in [4.78, 5) is 27.0. The molecule has 144 valence electrons. The number of nitrogens with zero attached hydrogens (tertiary/aromatic N) is 1. The van der Waals surface area contributed by atoms with Gasteiger partial charge in [-0.3, -0.25) is 14.5 Å². The Bertz CT molecular complexity index is 1030. The van der Waals surface area contributed by atoms with Crippen molar-refractivity contribution in [1.82, 2.24) is 4.90 Å². The van der Waals surface area contributed by atoms with Crippen LogP contribution in [-0.4, -0.2) is 36.3 Å². The van der Waals surface area contributed by atoms with Crippen molar-refractivity contribution in [3.05, 3.63) is 64.8 Å². The number of nitrogens with one attached hydrogen (secondary N) is 1. The minimum absolute atomic E-state index is 0.141. The maximum absolute atomic E-state index is 13.0. The van der Waals surface area contributed by atoms with E-state index >= 15 is 0 Å². The second-order valence-electron chi connectivity index (χ2n) is 6.98. The Morgan fingerprint density at radius 2 is 1.93 bits per heavy atom. The van der Waals surface area contributed by atoms with E-state index in [-0.39, 0.29) is 24.2 Å². The van der Waals surface area contributed by atoms with Gasteiger partial charge in [0.05, 0.1) is 11.4 Å². The van der Waals surface area contributed by atoms with Gasteiger partial charge in [0.1, 0.15) is 5.82 Å². The number of halogens is 1. The molecule has 7 heteroatoms. The van der Waals surface area contributed by atoms with Gasteiger partial charge in [-0.05, 0) is 54.2 Å². The molecule has 0 saturated carbocycles. The summed E-state index contributed by atoms with van der Waals surface area (Å²) in [6.45, 7) is 1.71. The van der Waals surface area contributed by atoms with Gasteiger partial charge in [0.2, 0.25) is 5.91 Å². The normalized spacial score (nSPS) is 17.1. The molecule has 4 rings (SSSR count). The van der Waals surface area contributed by atoms with E-state index in [0.717, 1.165) is 28.6 Å². The number of nitrogens with two attached hydrogens (primary N) is 1. The maximum Gasteiger partial charge on any atom is 0.259 e. The molecule has 5 nitrogen and oxygen atoms in total. The highest BCUT2D eigenvalue weighted by molar-refractivity contribution is 7.21. The third kappa shape index (κ3) is 3.76. The van der Waals surface area contributed by atoms with Gasteiger partial charge in [-0.15, -0.1) is 11.3 Å². The Morgan fingerprint density at radius 3 is 2.68 bits per heavy atom. The summed E-state index contributed by atoms with van der Waals surface area (Å²) in [5, 5.41) is 3.86. The van der Waals surface area contributed by atoms with Gasteiger partial charge in [0.25, 0.3) is 5.91 Å². The van der Waals surface area contributed by atoms with E-state index < -0.39 is 5.91 Å². The number of fused-ring (bicyclic) bond motifs is 1. The molecule has 1 unspecified atom stereocenters. The predicted molar refractivity (Wildman–Crippen MR) is 109 cm³/mol. The molecule has 1 fully saturated rings. The van der Waals surface area contributed by atoms with Crippen molar-refractivity contribution in [3.63, 3.8) is 0 Å². The number of primary amides is 1. The summed E-state index contributed by atoms with van der Waals surface area (Å²) < 4.78 is 14.0. The van der Waals surface area contributed by atoms with Crippen molar-refractivity contribution in [2.45, 2.75) is 12.3 Å². The number of benzene rings is 2. The Labute approximate surface area is 165 Å².